The van der Waals surface area contributed by atoms with Crippen molar-refractivity contribution >= 4 is 21.7 Å². The normalized spacial score (nSPS) is 11.7. The lowest BCUT2D eigenvalue weighted by molar-refractivity contribution is 0.872. The van der Waals surface area contributed by atoms with Crippen molar-refractivity contribution in [2.24, 2.45) is 0 Å². The number of aryl methyl sites for hydroxylation is 1. The highest BCUT2D eigenvalue weighted by Crippen LogP contribution is 2.23. The van der Waals surface area contributed by atoms with Crippen molar-refractivity contribution in [3.05, 3.63) is 57.7 Å². The maximum Gasteiger partial charge on any atom is 0.144 e. The lowest BCUT2D eigenvalue weighted by atomic mass is 10.1. The smallest absolute Gasteiger partial charge is 0.144 e. The predicted octanol–water partition coefficient (Wildman–Crippen LogP) is 4.20. The van der Waals surface area contributed by atoms with Gasteiger partial charge >= 0.3 is 0 Å². The van der Waals surface area contributed by atoms with Gasteiger partial charge in [-0.3, -0.25) is 0 Å². The second-order valence-corrected chi connectivity index (χ2v) is 5.30. The summed E-state index contributed by atoms with van der Waals surface area (Å²) in [6.07, 6.45) is 1.72. The fourth-order valence-electron chi connectivity index (χ4n) is 1.85. The van der Waals surface area contributed by atoms with E-state index in [9.17, 15) is 5.26 Å². The molecule has 1 atom stereocenters. The summed E-state index contributed by atoms with van der Waals surface area (Å²) in [6.45, 7) is 3.96. The fraction of sp³-hybridized carbons (Fsp3) is 0.200. The molecule has 0 aliphatic heterocycles. The molecule has 0 amide bonds. The average Bonchev–Trinajstić information content (AvgIpc) is 2.39. The first-order valence-electron chi connectivity index (χ1n) is 5.99. The van der Waals surface area contributed by atoms with Gasteiger partial charge in [-0.25, -0.2) is 4.98 Å². The molecular formula is C15H14BrN3. The van der Waals surface area contributed by atoms with Gasteiger partial charge in [-0.1, -0.05) is 28.1 Å². The average molecular weight is 316 g/mol. The van der Waals surface area contributed by atoms with Gasteiger partial charge in [0.15, 0.2) is 0 Å². The SMILES string of the molecule is Cc1ccnc(NC(C)c2ccc(Br)cc2)c1C#N. The van der Waals surface area contributed by atoms with Crippen LogP contribution in [0.5, 0.6) is 0 Å². The van der Waals surface area contributed by atoms with Gasteiger partial charge in [0.25, 0.3) is 0 Å². The van der Waals surface area contributed by atoms with Crippen molar-refractivity contribution in [2.45, 2.75) is 19.9 Å². The van der Waals surface area contributed by atoms with Gasteiger partial charge in [0, 0.05) is 16.7 Å². The Balaban J connectivity index is 2.24. The van der Waals surface area contributed by atoms with E-state index in [1.807, 2.05) is 37.3 Å². The zero-order chi connectivity index (χ0) is 13.8. The largest absolute Gasteiger partial charge is 0.362 e. The van der Waals surface area contributed by atoms with E-state index in [2.05, 4.69) is 39.2 Å². The zero-order valence-electron chi connectivity index (χ0n) is 10.8. The number of nitriles is 1. The van der Waals surface area contributed by atoms with Crippen LogP contribution in [-0.4, -0.2) is 4.98 Å². The molecule has 2 rings (SSSR count). The molecule has 96 valence electrons. The van der Waals surface area contributed by atoms with E-state index in [0.717, 1.165) is 15.6 Å². The lowest BCUT2D eigenvalue weighted by Crippen LogP contribution is -2.09. The number of anilines is 1. The standard InChI is InChI=1S/C15H14BrN3/c1-10-7-8-18-15(14(10)9-17)19-11(2)12-3-5-13(16)6-4-12/h3-8,11H,1-2H3,(H,18,19). The molecule has 0 fully saturated rings. The molecule has 1 aromatic carbocycles. The van der Waals surface area contributed by atoms with Crippen LogP contribution in [0.4, 0.5) is 5.82 Å². The molecule has 0 radical (unpaired) electrons. The van der Waals surface area contributed by atoms with Gasteiger partial charge in [0.2, 0.25) is 0 Å². The Morgan fingerprint density at radius 3 is 2.58 bits per heavy atom. The molecule has 1 N–H and O–H groups in total. The summed E-state index contributed by atoms with van der Waals surface area (Å²) in [5.41, 5.74) is 2.69. The fourth-order valence-corrected chi connectivity index (χ4v) is 2.11. The second-order valence-electron chi connectivity index (χ2n) is 4.38. The molecule has 2 aromatic rings. The minimum absolute atomic E-state index is 0.0921. The molecule has 3 nitrogen and oxygen atoms in total. The van der Waals surface area contributed by atoms with Crippen LogP contribution in [0.15, 0.2) is 41.0 Å². The van der Waals surface area contributed by atoms with Crippen molar-refractivity contribution in [1.29, 1.82) is 5.26 Å². The lowest BCUT2D eigenvalue weighted by Gasteiger charge is -2.16. The monoisotopic (exact) mass is 315 g/mol. The summed E-state index contributed by atoms with van der Waals surface area (Å²) < 4.78 is 1.05. The van der Waals surface area contributed by atoms with Crippen LogP contribution in [0, 0.1) is 18.3 Å². The highest BCUT2D eigenvalue weighted by atomic mass is 79.9. The number of nitrogens with one attached hydrogen (secondary N) is 1. The summed E-state index contributed by atoms with van der Waals surface area (Å²) >= 11 is 3.42. The van der Waals surface area contributed by atoms with E-state index >= 15 is 0 Å². The molecule has 0 saturated carbocycles. The Bertz CT molecular complexity index is 614. The highest BCUT2D eigenvalue weighted by Gasteiger charge is 2.10. The minimum atomic E-state index is 0.0921. The number of aromatic nitrogens is 1. The molecule has 0 spiro atoms. The first kappa shape index (κ1) is 13.6. The van der Waals surface area contributed by atoms with E-state index in [1.54, 1.807) is 6.20 Å². The van der Waals surface area contributed by atoms with Crippen molar-refractivity contribution in [3.8, 4) is 6.07 Å². The Morgan fingerprint density at radius 2 is 1.95 bits per heavy atom. The summed E-state index contributed by atoms with van der Waals surface area (Å²) in [5, 5.41) is 12.5. The molecule has 4 heteroatoms. The van der Waals surface area contributed by atoms with E-state index < -0.39 is 0 Å². The molecule has 1 heterocycles. The number of benzene rings is 1. The number of hydrogen-bond donors (Lipinski definition) is 1. The molecule has 1 aromatic heterocycles. The van der Waals surface area contributed by atoms with Crippen LogP contribution in [0.1, 0.15) is 29.7 Å². The number of pyridine rings is 1. The number of hydrogen-bond acceptors (Lipinski definition) is 3. The first-order chi connectivity index (χ1) is 9.11. The summed E-state index contributed by atoms with van der Waals surface area (Å²) in [6, 6.07) is 12.2. The zero-order valence-corrected chi connectivity index (χ0v) is 12.4. The first-order valence-corrected chi connectivity index (χ1v) is 6.79. The molecule has 0 aliphatic rings. The number of nitrogens with zero attached hydrogens (tertiary/aromatic N) is 2. The summed E-state index contributed by atoms with van der Waals surface area (Å²) in [5.74, 6) is 0.637. The summed E-state index contributed by atoms with van der Waals surface area (Å²) in [7, 11) is 0. The predicted molar refractivity (Wildman–Crippen MR) is 79.9 cm³/mol. The van der Waals surface area contributed by atoms with E-state index in [4.69, 9.17) is 0 Å². The molecule has 0 bridgehead atoms. The van der Waals surface area contributed by atoms with Gasteiger partial charge in [-0.2, -0.15) is 5.26 Å². The van der Waals surface area contributed by atoms with Crippen molar-refractivity contribution < 1.29 is 0 Å². The van der Waals surface area contributed by atoms with Gasteiger partial charge in [-0.15, -0.1) is 0 Å². The second kappa shape index (κ2) is 5.85. The van der Waals surface area contributed by atoms with Gasteiger partial charge in [0.1, 0.15) is 11.9 Å². The van der Waals surface area contributed by atoms with Crippen LogP contribution in [0.3, 0.4) is 0 Å². The number of rotatable bonds is 3. The Labute approximate surface area is 121 Å². The molecule has 0 saturated heterocycles. The van der Waals surface area contributed by atoms with E-state index in [-0.39, 0.29) is 6.04 Å². The molecule has 1 unspecified atom stereocenters. The van der Waals surface area contributed by atoms with Gasteiger partial charge < -0.3 is 5.32 Å². The minimum Gasteiger partial charge on any atom is -0.362 e. The highest BCUT2D eigenvalue weighted by molar-refractivity contribution is 9.10. The third-order valence-electron chi connectivity index (χ3n) is 2.99. The third kappa shape index (κ3) is 3.12. The van der Waals surface area contributed by atoms with Gasteiger partial charge in [-0.05, 0) is 43.2 Å². The van der Waals surface area contributed by atoms with Crippen LogP contribution in [0.25, 0.3) is 0 Å². The topological polar surface area (TPSA) is 48.7 Å². The van der Waals surface area contributed by atoms with Crippen molar-refractivity contribution in [2.75, 3.05) is 5.32 Å². The van der Waals surface area contributed by atoms with Crippen LogP contribution in [0.2, 0.25) is 0 Å². The summed E-state index contributed by atoms with van der Waals surface area (Å²) in [4.78, 5) is 4.25. The van der Waals surface area contributed by atoms with Crippen LogP contribution in [-0.2, 0) is 0 Å². The quantitative estimate of drug-likeness (QED) is 0.923. The van der Waals surface area contributed by atoms with E-state index in [0.29, 0.717) is 11.4 Å². The maximum absolute atomic E-state index is 9.18. The Hall–Kier alpha value is -1.86. The van der Waals surface area contributed by atoms with Crippen LogP contribution >= 0.6 is 15.9 Å². The Kier molecular flexibility index (Phi) is 4.18. The van der Waals surface area contributed by atoms with Crippen molar-refractivity contribution in [3.63, 3.8) is 0 Å². The number of halogens is 1. The Morgan fingerprint density at radius 1 is 1.26 bits per heavy atom. The third-order valence-corrected chi connectivity index (χ3v) is 3.52. The molecule has 19 heavy (non-hydrogen) atoms. The molecule has 0 aliphatic carbocycles. The van der Waals surface area contributed by atoms with Crippen molar-refractivity contribution in [1.82, 2.24) is 4.98 Å². The van der Waals surface area contributed by atoms with Gasteiger partial charge in [0.05, 0.1) is 5.56 Å². The van der Waals surface area contributed by atoms with E-state index in [1.165, 1.54) is 0 Å². The molecular weight excluding hydrogens is 302 g/mol. The maximum atomic E-state index is 9.18. The van der Waals surface area contributed by atoms with Crippen LogP contribution < -0.4 is 5.32 Å².